The summed E-state index contributed by atoms with van der Waals surface area (Å²) in [6.45, 7) is 3.84. The zero-order chi connectivity index (χ0) is 15.2. The van der Waals surface area contributed by atoms with E-state index in [1.54, 1.807) is 14.2 Å². The van der Waals surface area contributed by atoms with E-state index in [0.717, 1.165) is 38.0 Å². The van der Waals surface area contributed by atoms with Crippen molar-refractivity contribution in [3.63, 3.8) is 0 Å². The minimum atomic E-state index is 0.163. The maximum Gasteiger partial charge on any atom is 0.146 e. The van der Waals surface area contributed by atoms with Gasteiger partial charge in [0.05, 0.1) is 20.3 Å². The Morgan fingerprint density at radius 2 is 2.19 bits per heavy atom. The molecule has 118 valence electrons. The van der Waals surface area contributed by atoms with Gasteiger partial charge in [-0.15, -0.1) is 0 Å². The molecule has 0 amide bonds. The van der Waals surface area contributed by atoms with Crippen LogP contribution in [-0.4, -0.2) is 33.5 Å². The normalized spacial score (nSPS) is 19.5. The summed E-state index contributed by atoms with van der Waals surface area (Å²) in [6.07, 6.45) is 3.49. The minimum absolute atomic E-state index is 0.163. The molecule has 4 nitrogen and oxygen atoms in total. The lowest BCUT2D eigenvalue weighted by atomic mass is 9.98. The maximum absolute atomic E-state index is 6.37. The first-order chi connectivity index (χ1) is 10.2. The van der Waals surface area contributed by atoms with Crippen molar-refractivity contribution in [1.29, 1.82) is 0 Å². The van der Waals surface area contributed by atoms with E-state index in [9.17, 15) is 0 Å². The number of nitrogens with one attached hydrogen (secondary N) is 1. The van der Waals surface area contributed by atoms with E-state index >= 15 is 0 Å². The molecule has 2 atom stereocenters. The Balaban J connectivity index is 2.27. The van der Waals surface area contributed by atoms with Crippen molar-refractivity contribution in [2.24, 2.45) is 0 Å². The lowest BCUT2D eigenvalue weighted by molar-refractivity contribution is 0.0945. The van der Waals surface area contributed by atoms with Gasteiger partial charge < -0.3 is 19.5 Å². The van der Waals surface area contributed by atoms with Crippen LogP contribution in [-0.2, 0) is 4.74 Å². The van der Waals surface area contributed by atoms with E-state index in [1.807, 2.05) is 12.1 Å². The highest BCUT2D eigenvalue weighted by Gasteiger charge is 2.25. The molecule has 2 unspecified atom stereocenters. The maximum atomic E-state index is 6.37. The second-order valence-electron chi connectivity index (χ2n) is 5.19. The third kappa shape index (κ3) is 3.82. The molecular weight excluding hydrogens is 290 g/mol. The first-order valence-corrected chi connectivity index (χ1v) is 7.84. The Labute approximate surface area is 131 Å². The van der Waals surface area contributed by atoms with Crippen molar-refractivity contribution in [1.82, 2.24) is 5.32 Å². The molecule has 1 aliphatic heterocycles. The SMILES string of the molecule is CCNC(CC1CCCO1)c1ccc(OC)c(Cl)c1OC. The Bertz CT molecular complexity index is 461. The van der Waals surface area contributed by atoms with Crippen LogP contribution in [0.1, 0.15) is 37.8 Å². The molecule has 1 fully saturated rings. The molecule has 1 aromatic carbocycles. The minimum Gasteiger partial charge on any atom is -0.495 e. The molecular formula is C16H24ClNO3. The Morgan fingerprint density at radius 3 is 2.76 bits per heavy atom. The van der Waals surface area contributed by atoms with Gasteiger partial charge in [-0.2, -0.15) is 0 Å². The third-order valence-electron chi connectivity index (χ3n) is 3.86. The molecule has 0 bridgehead atoms. The quantitative estimate of drug-likeness (QED) is 0.835. The highest BCUT2D eigenvalue weighted by Crippen LogP contribution is 2.41. The standard InChI is InChI=1S/C16H24ClNO3/c1-4-18-13(10-11-6-5-9-21-11)12-7-8-14(19-2)15(17)16(12)20-3/h7-8,11,13,18H,4-6,9-10H2,1-3H3. The van der Waals surface area contributed by atoms with Crippen molar-refractivity contribution in [3.8, 4) is 11.5 Å². The van der Waals surface area contributed by atoms with Gasteiger partial charge >= 0.3 is 0 Å². The van der Waals surface area contributed by atoms with Crippen LogP contribution >= 0.6 is 11.6 Å². The predicted octanol–water partition coefficient (Wildman–Crippen LogP) is 3.58. The summed E-state index contributed by atoms with van der Waals surface area (Å²) in [4.78, 5) is 0. The van der Waals surface area contributed by atoms with Crippen LogP contribution in [0.2, 0.25) is 5.02 Å². The number of hydrogen-bond donors (Lipinski definition) is 1. The summed E-state index contributed by atoms with van der Waals surface area (Å²) in [5.41, 5.74) is 1.06. The molecule has 5 heteroatoms. The molecule has 0 saturated carbocycles. The topological polar surface area (TPSA) is 39.7 Å². The van der Waals surface area contributed by atoms with E-state index in [2.05, 4.69) is 12.2 Å². The molecule has 1 heterocycles. The number of rotatable bonds is 7. The lowest BCUT2D eigenvalue weighted by Gasteiger charge is -2.24. The van der Waals surface area contributed by atoms with E-state index in [1.165, 1.54) is 0 Å². The Morgan fingerprint density at radius 1 is 1.38 bits per heavy atom. The highest BCUT2D eigenvalue weighted by atomic mass is 35.5. The summed E-state index contributed by atoms with van der Waals surface area (Å²) in [5, 5.41) is 4.03. The van der Waals surface area contributed by atoms with Gasteiger partial charge in [-0.05, 0) is 37.9 Å². The monoisotopic (exact) mass is 313 g/mol. The van der Waals surface area contributed by atoms with E-state index in [4.69, 9.17) is 25.8 Å². The molecule has 0 aromatic heterocycles. The average molecular weight is 314 g/mol. The second-order valence-corrected chi connectivity index (χ2v) is 5.56. The average Bonchev–Trinajstić information content (AvgIpc) is 2.99. The zero-order valence-corrected chi connectivity index (χ0v) is 13.7. The molecule has 0 spiro atoms. The van der Waals surface area contributed by atoms with Gasteiger partial charge in [0.25, 0.3) is 0 Å². The molecule has 1 N–H and O–H groups in total. The fourth-order valence-electron chi connectivity index (χ4n) is 2.85. The summed E-state index contributed by atoms with van der Waals surface area (Å²) in [6, 6.07) is 4.07. The molecule has 1 aromatic rings. The molecule has 0 aliphatic carbocycles. The molecule has 0 radical (unpaired) electrons. The first kappa shape index (κ1) is 16.4. The summed E-state index contributed by atoms with van der Waals surface area (Å²) < 4.78 is 16.5. The van der Waals surface area contributed by atoms with Crippen LogP contribution < -0.4 is 14.8 Å². The third-order valence-corrected chi connectivity index (χ3v) is 4.22. The smallest absolute Gasteiger partial charge is 0.146 e. The molecule has 1 aliphatic rings. The highest BCUT2D eigenvalue weighted by molar-refractivity contribution is 6.33. The summed E-state index contributed by atoms with van der Waals surface area (Å²) >= 11 is 6.37. The van der Waals surface area contributed by atoms with Gasteiger partial charge in [0.2, 0.25) is 0 Å². The summed E-state index contributed by atoms with van der Waals surface area (Å²) in [7, 11) is 3.24. The summed E-state index contributed by atoms with van der Waals surface area (Å²) in [5.74, 6) is 1.31. The van der Waals surface area contributed by atoms with E-state index < -0.39 is 0 Å². The van der Waals surface area contributed by atoms with Gasteiger partial charge in [0, 0.05) is 18.2 Å². The van der Waals surface area contributed by atoms with Crippen molar-refractivity contribution < 1.29 is 14.2 Å². The Hall–Kier alpha value is -0.970. The van der Waals surface area contributed by atoms with Gasteiger partial charge in [0.15, 0.2) is 0 Å². The van der Waals surface area contributed by atoms with Crippen LogP contribution in [0.4, 0.5) is 0 Å². The molecule has 21 heavy (non-hydrogen) atoms. The van der Waals surface area contributed by atoms with Crippen LogP contribution in [0.3, 0.4) is 0 Å². The van der Waals surface area contributed by atoms with Crippen molar-refractivity contribution in [2.75, 3.05) is 27.4 Å². The number of hydrogen-bond acceptors (Lipinski definition) is 4. The number of ether oxygens (including phenoxy) is 3. The zero-order valence-electron chi connectivity index (χ0n) is 12.9. The lowest BCUT2D eigenvalue weighted by Crippen LogP contribution is -2.25. The predicted molar refractivity (Wildman–Crippen MR) is 84.6 cm³/mol. The largest absolute Gasteiger partial charge is 0.495 e. The van der Waals surface area contributed by atoms with Gasteiger partial charge in [-0.25, -0.2) is 0 Å². The number of methoxy groups -OCH3 is 2. The van der Waals surface area contributed by atoms with Gasteiger partial charge in [0.1, 0.15) is 16.5 Å². The second kappa shape index (κ2) is 7.87. The fourth-order valence-corrected chi connectivity index (χ4v) is 3.18. The van der Waals surface area contributed by atoms with E-state index in [-0.39, 0.29) is 6.04 Å². The Kier molecular flexibility index (Phi) is 6.15. The van der Waals surface area contributed by atoms with Gasteiger partial charge in [-0.1, -0.05) is 18.5 Å². The van der Waals surface area contributed by atoms with Gasteiger partial charge in [-0.3, -0.25) is 0 Å². The molecule has 2 rings (SSSR count). The van der Waals surface area contributed by atoms with Crippen molar-refractivity contribution >= 4 is 11.6 Å². The first-order valence-electron chi connectivity index (χ1n) is 7.46. The van der Waals surface area contributed by atoms with Crippen molar-refractivity contribution in [2.45, 2.75) is 38.3 Å². The fraction of sp³-hybridized carbons (Fsp3) is 0.625. The van der Waals surface area contributed by atoms with Crippen LogP contribution in [0.15, 0.2) is 12.1 Å². The van der Waals surface area contributed by atoms with E-state index in [0.29, 0.717) is 22.6 Å². The van der Waals surface area contributed by atoms with Crippen LogP contribution in [0.5, 0.6) is 11.5 Å². The number of benzene rings is 1. The van der Waals surface area contributed by atoms with Crippen LogP contribution in [0.25, 0.3) is 0 Å². The number of halogens is 1. The van der Waals surface area contributed by atoms with Crippen LogP contribution in [0, 0.1) is 0 Å². The molecule has 1 saturated heterocycles. The van der Waals surface area contributed by atoms with Crippen molar-refractivity contribution in [3.05, 3.63) is 22.7 Å².